The summed E-state index contributed by atoms with van der Waals surface area (Å²) in [4.78, 5) is 7.81. The molecule has 0 spiro atoms. The molecule has 3 aromatic rings. The molecule has 1 aliphatic heterocycles. The quantitative estimate of drug-likeness (QED) is 0.780. The van der Waals surface area contributed by atoms with E-state index in [0.29, 0.717) is 13.1 Å². The Labute approximate surface area is 145 Å². The molecule has 2 aromatic heterocycles. The highest BCUT2D eigenvalue weighted by Crippen LogP contribution is 2.33. The summed E-state index contributed by atoms with van der Waals surface area (Å²) in [6, 6.07) is 8.87. The third kappa shape index (κ3) is 2.94. The highest BCUT2D eigenvalue weighted by atomic mass is 32.2. The molecular weight excluding hydrogens is 341 g/mol. The fraction of sp³-hybridized carbons (Fsp3) is 0.278. The van der Waals surface area contributed by atoms with Crippen LogP contribution in [0.25, 0.3) is 11.0 Å². The largest absolute Gasteiger partial charge is 0.360 e. The van der Waals surface area contributed by atoms with Crippen molar-refractivity contribution < 1.29 is 12.8 Å². The summed E-state index contributed by atoms with van der Waals surface area (Å²) < 4.78 is 39.9. The molecule has 0 aliphatic carbocycles. The molecule has 130 valence electrons. The number of nitrogens with one attached hydrogen (secondary N) is 1. The molecule has 0 amide bonds. The third-order valence-electron chi connectivity index (χ3n) is 4.81. The van der Waals surface area contributed by atoms with E-state index >= 15 is 0 Å². The number of rotatable bonds is 3. The van der Waals surface area contributed by atoms with E-state index in [2.05, 4.69) is 9.97 Å². The second kappa shape index (κ2) is 6.24. The monoisotopic (exact) mass is 359 g/mol. The van der Waals surface area contributed by atoms with Gasteiger partial charge in [0.15, 0.2) is 0 Å². The van der Waals surface area contributed by atoms with Crippen LogP contribution in [0.1, 0.15) is 24.3 Å². The predicted octanol–water partition coefficient (Wildman–Crippen LogP) is 3.27. The van der Waals surface area contributed by atoms with Crippen molar-refractivity contribution in [2.24, 2.45) is 0 Å². The van der Waals surface area contributed by atoms with Gasteiger partial charge in [0, 0.05) is 25.5 Å². The second-order valence-corrected chi connectivity index (χ2v) is 8.21. The van der Waals surface area contributed by atoms with Crippen LogP contribution in [0.2, 0.25) is 0 Å². The van der Waals surface area contributed by atoms with E-state index in [1.165, 1.54) is 28.6 Å². The Morgan fingerprint density at radius 1 is 1.12 bits per heavy atom. The zero-order valence-electron chi connectivity index (χ0n) is 13.5. The maximum absolute atomic E-state index is 13.0. The lowest BCUT2D eigenvalue weighted by molar-refractivity contribution is 0.320. The number of aromatic amines is 1. The smallest absolute Gasteiger partial charge is 0.243 e. The zero-order chi connectivity index (χ0) is 17.4. The van der Waals surface area contributed by atoms with Gasteiger partial charge in [-0.25, -0.2) is 12.8 Å². The van der Waals surface area contributed by atoms with Crippen molar-refractivity contribution in [3.05, 3.63) is 60.2 Å². The normalized spacial score (nSPS) is 17.2. The van der Waals surface area contributed by atoms with Crippen molar-refractivity contribution in [2.75, 3.05) is 13.1 Å². The van der Waals surface area contributed by atoms with Crippen molar-refractivity contribution in [3.63, 3.8) is 0 Å². The van der Waals surface area contributed by atoms with Gasteiger partial charge in [-0.05, 0) is 60.7 Å². The molecule has 0 radical (unpaired) electrons. The van der Waals surface area contributed by atoms with Gasteiger partial charge in [0.1, 0.15) is 5.82 Å². The van der Waals surface area contributed by atoms with Gasteiger partial charge in [-0.3, -0.25) is 4.98 Å². The van der Waals surface area contributed by atoms with E-state index in [1.54, 1.807) is 6.20 Å². The van der Waals surface area contributed by atoms with Crippen LogP contribution in [0.4, 0.5) is 4.39 Å². The van der Waals surface area contributed by atoms with Crippen LogP contribution in [0.5, 0.6) is 0 Å². The first-order valence-electron chi connectivity index (χ1n) is 8.23. The van der Waals surface area contributed by atoms with Gasteiger partial charge in [-0.15, -0.1) is 0 Å². The lowest BCUT2D eigenvalue weighted by Gasteiger charge is -2.31. The third-order valence-corrected chi connectivity index (χ3v) is 6.72. The standard InChI is InChI=1S/C18H18FN3O2S/c19-14-3-5-15(6-4-14)25(23,24)22-10-7-13(8-11-22)16-12-21-17-2-1-9-20-18(16)17/h1-6,9,12-13,21H,7-8,10-11H2. The van der Waals surface area contributed by atoms with Crippen LogP contribution in [0.15, 0.2) is 53.7 Å². The number of aromatic nitrogens is 2. The molecule has 3 heterocycles. The molecule has 5 nitrogen and oxygen atoms in total. The van der Waals surface area contributed by atoms with Crippen LogP contribution >= 0.6 is 0 Å². The van der Waals surface area contributed by atoms with Gasteiger partial charge in [-0.1, -0.05) is 0 Å². The van der Waals surface area contributed by atoms with Crippen molar-refractivity contribution >= 4 is 21.1 Å². The summed E-state index contributed by atoms with van der Waals surface area (Å²) in [6.45, 7) is 0.897. The van der Waals surface area contributed by atoms with Crippen molar-refractivity contribution in [1.82, 2.24) is 14.3 Å². The maximum atomic E-state index is 13.0. The van der Waals surface area contributed by atoms with Gasteiger partial charge >= 0.3 is 0 Å². The Hall–Kier alpha value is -2.25. The maximum Gasteiger partial charge on any atom is 0.243 e. The van der Waals surface area contributed by atoms with Gasteiger partial charge < -0.3 is 4.98 Å². The van der Waals surface area contributed by atoms with Crippen molar-refractivity contribution in [2.45, 2.75) is 23.7 Å². The molecule has 1 aliphatic rings. The van der Waals surface area contributed by atoms with Gasteiger partial charge in [0.2, 0.25) is 10.0 Å². The molecule has 0 unspecified atom stereocenters. The Kier molecular flexibility index (Phi) is 4.05. The predicted molar refractivity (Wildman–Crippen MR) is 93.2 cm³/mol. The minimum absolute atomic E-state index is 0.140. The fourth-order valence-corrected chi connectivity index (χ4v) is 4.92. The van der Waals surface area contributed by atoms with Crippen LogP contribution in [-0.2, 0) is 10.0 Å². The molecule has 1 N–H and O–H groups in total. The Bertz CT molecular complexity index is 991. The Morgan fingerprint density at radius 3 is 2.56 bits per heavy atom. The molecule has 1 fully saturated rings. The minimum Gasteiger partial charge on any atom is -0.360 e. The fourth-order valence-electron chi connectivity index (χ4n) is 3.45. The molecule has 7 heteroatoms. The average molecular weight is 359 g/mol. The molecule has 0 bridgehead atoms. The number of halogens is 1. The highest BCUT2D eigenvalue weighted by molar-refractivity contribution is 7.89. The number of pyridine rings is 1. The van der Waals surface area contributed by atoms with Crippen LogP contribution < -0.4 is 0 Å². The van der Waals surface area contributed by atoms with Gasteiger partial charge in [-0.2, -0.15) is 4.31 Å². The number of benzene rings is 1. The first-order valence-corrected chi connectivity index (χ1v) is 9.67. The van der Waals surface area contributed by atoms with Crippen molar-refractivity contribution in [1.29, 1.82) is 0 Å². The molecule has 4 rings (SSSR count). The first-order chi connectivity index (χ1) is 12.1. The van der Waals surface area contributed by atoms with Gasteiger partial charge in [0.25, 0.3) is 0 Å². The van der Waals surface area contributed by atoms with Crippen molar-refractivity contribution in [3.8, 4) is 0 Å². The summed E-state index contributed by atoms with van der Waals surface area (Å²) in [7, 11) is -3.57. The van der Waals surface area contributed by atoms with Gasteiger partial charge in [0.05, 0.1) is 15.9 Å². The number of piperidine rings is 1. The molecule has 0 atom stereocenters. The Balaban J connectivity index is 1.52. The molecule has 25 heavy (non-hydrogen) atoms. The van der Waals surface area contributed by atoms with E-state index < -0.39 is 15.8 Å². The topological polar surface area (TPSA) is 66.1 Å². The first kappa shape index (κ1) is 16.2. The highest BCUT2D eigenvalue weighted by Gasteiger charge is 2.30. The van der Waals surface area contributed by atoms with E-state index in [1.807, 2.05) is 18.3 Å². The van der Waals surface area contributed by atoms with E-state index in [-0.39, 0.29) is 10.8 Å². The van der Waals surface area contributed by atoms with E-state index in [4.69, 9.17) is 0 Å². The number of fused-ring (bicyclic) bond motifs is 1. The summed E-state index contributed by atoms with van der Waals surface area (Å²) in [5.41, 5.74) is 3.11. The Morgan fingerprint density at radius 2 is 1.84 bits per heavy atom. The number of hydrogen-bond donors (Lipinski definition) is 1. The number of nitrogens with zero attached hydrogens (tertiary/aromatic N) is 2. The molecular formula is C18H18FN3O2S. The molecule has 0 saturated carbocycles. The second-order valence-electron chi connectivity index (χ2n) is 6.28. The molecule has 1 saturated heterocycles. The lowest BCUT2D eigenvalue weighted by Crippen LogP contribution is -2.37. The van der Waals surface area contributed by atoms with Crippen LogP contribution in [0.3, 0.4) is 0 Å². The summed E-state index contributed by atoms with van der Waals surface area (Å²) in [5.74, 6) is -0.159. The zero-order valence-corrected chi connectivity index (χ0v) is 14.3. The van der Waals surface area contributed by atoms with Crippen LogP contribution in [-0.4, -0.2) is 35.8 Å². The number of H-pyrrole nitrogens is 1. The minimum atomic E-state index is -3.57. The molecule has 1 aromatic carbocycles. The average Bonchev–Trinajstić information content (AvgIpc) is 3.06. The summed E-state index contributed by atoms with van der Waals surface area (Å²) in [5, 5.41) is 0. The van der Waals surface area contributed by atoms with Crippen LogP contribution in [0, 0.1) is 5.82 Å². The number of sulfonamides is 1. The number of hydrogen-bond acceptors (Lipinski definition) is 3. The van der Waals surface area contributed by atoms with E-state index in [9.17, 15) is 12.8 Å². The summed E-state index contributed by atoms with van der Waals surface area (Å²) in [6.07, 6.45) is 5.23. The van der Waals surface area contributed by atoms with E-state index in [0.717, 1.165) is 29.4 Å². The lowest BCUT2D eigenvalue weighted by atomic mass is 9.91. The SMILES string of the molecule is O=S(=O)(c1ccc(F)cc1)N1CCC(c2c[nH]c3cccnc23)CC1. The summed E-state index contributed by atoms with van der Waals surface area (Å²) >= 11 is 0.